The lowest BCUT2D eigenvalue weighted by Crippen LogP contribution is -2.10. The summed E-state index contributed by atoms with van der Waals surface area (Å²) in [5.41, 5.74) is 14.8. The van der Waals surface area contributed by atoms with Crippen molar-refractivity contribution in [3.05, 3.63) is 218 Å². The number of para-hydroxylation sites is 3. The van der Waals surface area contributed by atoms with E-state index in [0.717, 1.165) is 94.3 Å². The van der Waals surface area contributed by atoms with Gasteiger partial charge in [-0.15, -0.1) is 0 Å². The molecule has 0 bridgehead atoms. The van der Waals surface area contributed by atoms with E-state index in [2.05, 4.69) is 216 Å². The second-order valence-corrected chi connectivity index (χ2v) is 16.1. The van der Waals surface area contributed by atoms with E-state index in [9.17, 15) is 0 Å². The minimum Gasteiger partial charge on any atom is -0.456 e. The predicted molar refractivity (Wildman–Crippen MR) is 258 cm³/mol. The average molecular weight is 793 g/mol. The standard InChI is InChI=1S/C58H36N2O2/c1-2-14-46-38(11-1)25-34-51-57-45(18-10-22-55(57)62-58(46)51)40-12-9-13-44(35-40)59(41-27-23-37(24-28-41)39-26-33-50-49-17-5-8-21-54(49)61-56(50)36-39)42-29-31-43(32-30-42)60-52-19-6-3-15-47(52)48-16-4-7-20-53(48)60/h1-36H. The molecule has 0 aliphatic rings. The van der Waals surface area contributed by atoms with Crippen LogP contribution in [0.1, 0.15) is 0 Å². The molecule has 13 aromatic rings. The zero-order chi connectivity index (χ0) is 40.7. The van der Waals surface area contributed by atoms with E-state index in [4.69, 9.17) is 8.83 Å². The van der Waals surface area contributed by atoms with Gasteiger partial charge in [0.05, 0.1) is 11.0 Å². The van der Waals surface area contributed by atoms with Crippen molar-refractivity contribution in [3.8, 4) is 27.9 Å². The van der Waals surface area contributed by atoms with Gasteiger partial charge in [-0.25, -0.2) is 0 Å². The van der Waals surface area contributed by atoms with Crippen molar-refractivity contribution in [1.82, 2.24) is 4.57 Å². The lowest BCUT2D eigenvalue weighted by atomic mass is 9.97. The number of hydrogen-bond donors (Lipinski definition) is 0. The average Bonchev–Trinajstić information content (AvgIpc) is 4.02. The smallest absolute Gasteiger partial charge is 0.143 e. The van der Waals surface area contributed by atoms with Crippen LogP contribution in [-0.2, 0) is 0 Å². The normalized spacial score (nSPS) is 11.9. The fourth-order valence-corrected chi connectivity index (χ4v) is 9.71. The van der Waals surface area contributed by atoms with Gasteiger partial charge in [-0.1, -0.05) is 127 Å². The van der Waals surface area contributed by atoms with E-state index in [1.807, 2.05) is 12.1 Å². The molecule has 0 saturated heterocycles. The highest BCUT2D eigenvalue weighted by molar-refractivity contribution is 6.19. The molecule has 0 N–H and O–H groups in total. The molecule has 10 aromatic carbocycles. The Hall–Kier alpha value is -8.34. The molecular formula is C58H36N2O2. The summed E-state index contributed by atoms with van der Waals surface area (Å²) >= 11 is 0. The van der Waals surface area contributed by atoms with Crippen LogP contribution in [0.3, 0.4) is 0 Å². The van der Waals surface area contributed by atoms with Gasteiger partial charge in [0.15, 0.2) is 0 Å². The summed E-state index contributed by atoms with van der Waals surface area (Å²) in [6, 6.07) is 78.0. The van der Waals surface area contributed by atoms with Crippen LogP contribution in [0.15, 0.2) is 227 Å². The maximum atomic E-state index is 6.61. The van der Waals surface area contributed by atoms with Gasteiger partial charge in [0.25, 0.3) is 0 Å². The summed E-state index contributed by atoms with van der Waals surface area (Å²) in [6.07, 6.45) is 0. The summed E-state index contributed by atoms with van der Waals surface area (Å²) in [5.74, 6) is 0. The molecule has 4 nitrogen and oxygen atoms in total. The Labute approximate surface area is 356 Å². The molecule has 3 heterocycles. The van der Waals surface area contributed by atoms with Gasteiger partial charge in [0, 0.05) is 60.5 Å². The van der Waals surface area contributed by atoms with E-state index in [0.29, 0.717) is 0 Å². The van der Waals surface area contributed by atoms with Crippen molar-refractivity contribution in [3.63, 3.8) is 0 Å². The molecule has 0 amide bonds. The van der Waals surface area contributed by atoms with Crippen LogP contribution in [0.25, 0.3) is 104 Å². The van der Waals surface area contributed by atoms with Crippen LogP contribution in [0.2, 0.25) is 0 Å². The van der Waals surface area contributed by atoms with Gasteiger partial charge < -0.3 is 18.3 Å². The summed E-state index contributed by atoms with van der Waals surface area (Å²) < 4.78 is 15.2. The molecule has 0 atom stereocenters. The highest BCUT2D eigenvalue weighted by Gasteiger charge is 2.19. The molecule has 0 radical (unpaired) electrons. The molecular weight excluding hydrogens is 757 g/mol. The largest absolute Gasteiger partial charge is 0.456 e. The summed E-state index contributed by atoms with van der Waals surface area (Å²) in [7, 11) is 0. The van der Waals surface area contributed by atoms with Gasteiger partial charge in [-0.2, -0.15) is 0 Å². The number of benzene rings is 10. The molecule has 0 aliphatic heterocycles. The molecule has 290 valence electrons. The lowest BCUT2D eigenvalue weighted by Gasteiger charge is -2.26. The van der Waals surface area contributed by atoms with Gasteiger partial charge >= 0.3 is 0 Å². The van der Waals surface area contributed by atoms with Crippen LogP contribution < -0.4 is 4.90 Å². The first-order valence-electron chi connectivity index (χ1n) is 21.1. The molecule has 3 aromatic heterocycles. The molecule has 0 fully saturated rings. The van der Waals surface area contributed by atoms with E-state index in [-0.39, 0.29) is 0 Å². The van der Waals surface area contributed by atoms with E-state index in [1.165, 1.54) is 27.2 Å². The first-order chi connectivity index (χ1) is 30.7. The molecule has 4 heteroatoms. The molecule has 0 saturated carbocycles. The van der Waals surface area contributed by atoms with Crippen LogP contribution in [0.5, 0.6) is 0 Å². The minimum absolute atomic E-state index is 0.883. The zero-order valence-corrected chi connectivity index (χ0v) is 33.5. The number of fused-ring (bicyclic) bond motifs is 11. The maximum absolute atomic E-state index is 6.61. The van der Waals surface area contributed by atoms with Crippen LogP contribution in [-0.4, -0.2) is 4.57 Å². The predicted octanol–water partition coefficient (Wildman–Crippen LogP) is 16.5. The Morgan fingerprint density at radius 3 is 1.74 bits per heavy atom. The Balaban J connectivity index is 0.947. The van der Waals surface area contributed by atoms with Crippen molar-refractivity contribution < 1.29 is 8.83 Å². The van der Waals surface area contributed by atoms with Crippen LogP contribution in [0, 0.1) is 0 Å². The molecule has 13 rings (SSSR count). The number of hydrogen-bond acceptors (Lipinski definition) is 3. The highest BCUT2D eigenvalue weighted by atomic mass is 16.3. The fraction of sp³-hybridized carbons (Fsp3) is 0. The highest BCUT2D eigenvalue weighted by Crippen LogP contribution is 2.43. The Kier molecular flexibility index (Phi) is 7.57. The number of nitrogens with zero attached hydrogens (tertiary/aromatic N) is 2. The Morgan fingerprint density at radius 2 is 0.952 bits per heavy atom. The summed E-state index contributed by atoms with van der Waals surface area (Å²) in [4.78, 5) is 2.35. The van der Waals surface area contributed by atoms with Gasteiger partial charge in [0.1, 0.15) is 22.3 Å². The van der Waals surface area contributed by atoms with Gasteiger partial charge in [-0.05, 0) is 119 Å². The van der Waals surface area contributed by atoms with Crippen LogP contribution >= 0.6 is 0 Å². The fourth-order valence-electron chi connectivity index (χ4n) is 9.71. The number of rotatable bonds is 6. The van der Waals surface area contributed by atoms with Gasteiger partial charge in [0.2, 0.25) is 0 Å². The summed E-state index contributed by atoms with van der Waals surface area (Å²) in [6.45, 7) is 0. The Morgan fingerprint density at radius 1 is 0.339 bits per heavy atom. The Bertz CT molecular complexity index is 3810. The topological polar surface area (TPSA) is 34.5 Å². The third-order valence-electron chi connectivity index (χ3n) is 12.6. The first kappa shape index (κ1) is 34.5. The first-order valence-corrected chi connectivity index (χ1v) is 21.1. The van der Waals surface area contributed by atoms with Crippen molar-refractivity contribution >= 4 is 93.5 Å². The van der Waals surface area contributed by atoms with E-state index >= 15 is 0 Å². The summed E-state index contributed by atoms with van der Waals surface area (Å²) in [5, 5.41) is 9.30. The maximum Gasteiger partial charge on any atom is 0.143 e. The van der Waals surface area contributed by atoms with Crippen molar-refractivity contribution in [1.29, 1.82) is 0 Å². The second kappa shape index (κ2) is 13.6. The monoisotopic (exact) mass is 792 g/mol. The van der Waals surface area contributed by atoms with E-state index in [1.54, 1.807) is 0 Å². The van der Waals surface area contributed by atoms with Crippen LogP contribution in [0.4, 0.5) is 17.1 Å². The van der Waals surface area contributed by atoms with Crippen molar-refractivity contribution in [2.75, 3.05) is 4.90 Å². The van der Waals surface area contributed by atoms with Gasteiger partial charge in [-0.3, -0.25) is 0 Å². The molecule has 62 heavy (non-hydrogen) atoms. The van der Waals surface area contributed by atoms with E-state index < -0.39 is 0 Å². The molecule has 0 aliphatic carbocycles. The number of anilines is 3. The quantitative estimate of drug-likeness (QED) is 0.168. The third-order valence-corrected chi connectivity index (χ3v) is 12.6. The second-order valence-electron chi connectivity index (χ2n) is 16.1. The number of aromatic nitrogens is 1. The lowest BCUT2D eigenvalue weighted by molar-refractivity contribution is 0.669. The molecule has 0 spiro atoms. The third kappa shape index (κ3) is 5.33. The zero-order valence-electron chi connectivity index (χ0n) is 33.5. The SMILES string of the molecule is c1cc(-c2cccc3oc4c5ccccc5ccc4c23)cc(N(c2ccc(-c3ccc4c(c3)oc3ccccc34)cc2)c2ccc(-n3c4ccccc4c4ccccc43)cc2)c1. The molecule has 0 unspecified atom stereocenters. The number of furan rings is 2. The van der Waals surface area contributed by atoms with Crippen molar-refractivity contribution in [2.45, 2.75) is 0 Å². The minimum atomic E-state index is 0.883. The van der Waals surface area contributed by atoms with Crippen molar-refractivity contribution in [2.24, 2.45) is 0 Å².